The molecule has 1 atom stereocenters. The molecule has 0 amide bonds. The van der Waals surface area contributed by atoms with E-state index in [-0.39, 0.29) is 34.2 Å². The van der Waals surface area contributed by atoms with E-state index in [1.54, 1.807) is 13.8 Å². The molecule has 0 saturated heterocycles. The Kier molecular flexibility index (Phi) is 15.0. The van der Waals surface area contributed by atoms with Gasteiger partial charge < -0.3 is 5.11 Å². The Morgan fingerprint density at radius 1 is 0.857 bits per heavy atom. The first-order valence-electron chi connectivity index (χ1n) is 5.90. The van der Waals surface area contributed by atoms with Crippen molar-refractivity contribution >= 4 is 5.78 Å². The Morgan fingerprint density at radius 3 is 1.48 bits per heavy atom. The highest BCUT2D eigenvalue weighted by Crippen LogP contribution is 2.09. The molecule has 2 aromatic rings. The number of hydrogen-bond donors (Lipinski definition) is 1. The number of Topliss-reactive ketones (excluding diaryl/α,β-unsaturated/α-hetero) is 1. The molecule has 0 aliphatic rings. The average Bonchev–Trinajstić information content (AvgIpc) is 2.41. The second-order valence-electron chi connectivity index (χ2n) is 4.01. The number of ketones is 1. The highest BCUT2D eigenvalue weighted by Gasteiger charge is 1.95. The molecular weight excluding hydrogens is 260 g/mol. The van der Waals surface area contributed by atoms with Crippen molar-refractivity contribution in [1.29, 1.82) is 0 Å². The fourth-order valence-electron chi connectivity index (χ4n) is 1.40. The van der Waals surface area contributed by atoms with E-state index in [9.17, 15) is 4.79 Å². The summed E-state index contributed by atoms with van der Waals surface area (Å²) >= 11 is 0. The molecule has 0 heterocycles. The molecule has 2 heteroatoms. The van der Waals surface area contributed by atoms with Crippen LogP contribution in [-0.2, 0) is 0 Å². The van der Waals surface area contributed by atoms with Gasteiger partial charge in [-0.05, 0) is 19.4 Å². The predicted octanol–water partition coefficient (Wildman–Crippen LogP) is 5.54. The Bertz CT molecular complexity index is 461. The zero-order valence-electron chi connectivity index (χ0n) is 10.7. The summed E-state index contributed by atoms with van der Waals surface area (Å²) in [5.74, 6) is 0.121. The summed E-state index contributed by atoms with van der Waals surface area (Å²) < 4.78 is 0. The lowest BCUT2D eigenvalue weighted by molar-refractivity contribution is 0.101. The SMILES string of the molecule is C.C.C.CC(=O)c1ccccc1.C[C@H](O)c1ccccc1. The van der Waals surface area contributed by atoms with Crippen molar-refractivity contribution in [3.05, 3.63) is 71.8 Å². The van der Waals surface area contributed by atoms with Crippen molar-refractivity contribution in [3.8, 4) is 0 Å². The lowest BCUT2D eigenvalue weighted by atomic mass is 10.1. The van der Waals surface area contributed by atoms with E-state index in [1.807, 2.05) is 60.7 Å². The second-order valence-corrected chi connectivity index (χ2v) is 4.01. The molecule has 0 aliphatic heterocycles. The topological polar surface area (TPSA) is 37.3 Å². The van der Waals surface area contributed by atoms with Crippen LogP contribution in [0.5, 0.6) is 0 Å². The maximum atomic E-state index is 10.6. The lowest BCUT2D eigenvalue weighted by Crippen LogP contribution is -1.88. The minimum Gasteiger partial charge on any atom is -0.389 e. The molecule has 0 aliphatic carbocycles. The monoisotopic (exact) mass is 290 g/mol. The average molecular weight is 290 g/mol. The third kappa shape index (κ3) is 9.58. The number of carbonyl (C=O) groups is 1. The summed E-state index contributed by atoms with van der Waals surface area (Å²) in [5, 5.41) is 9.02. The summed E-state index contributed by atoms with van der Waals surface area (Å²) in [7, 11) is 0. The van der Waals surface area contributed by atoms with Crippen molar-refractivity contribution in [2.24, 2.45) is 0 Å². The van der Waals surface area contributed by atoms with E-state index in [0.717, 1.165) is 11.1 Å². The van der Waals surface area contributed by atoms with Crippen molar-refractivity contribution < 1.29 is 9.90 Å². The van der Waals surface area contributed by atoms with Gasteiger partial charge in [-0.1, -0.05) is 82.9 Å². The molecule has 2 rings (SSSR count). The summed E-state index contributed by atoms with van der Waals surface area (Å²) in [5.41, 5.74) is 1.75. The van der Waals surface area contributed by atoms with Gasteiger partial charge in [-0.25, -0.2) is 0 Å². The van der Waals surface area contributed by atoms with Crippen LogP contribution >= 0.6 is 0 Å². The van der Waals surface area contributed by atoms with E-state index >= 15 is 0 Å². The molecule has 0 fully saturated rings. The van der Waals surface area contributed by atoms with Gasteiger partial charge in [0.2, 0.25) is 0 Å². The predicted molar refractivity (Wildman–Crippen MR) is 93.7 cm³/mol. The molecular formula is C19H30O2. The molecule has 21 heavy (non-hydrogen) atoms. The quantitative estimate of drug-likeness (QED) is 0.737. The molecule has 1 N–H and O–H groups in total. The highest BCUT2D eigenvalue weighted by atomic mass is 16.3. The molecule has 0 radical (unpaired) electrons. The van der Waals surface area contributed by atoms with Gasteiger partial charge in [-0.15, -0.1) is 0 Å². The van der Waals surface area contributed by atoms with Gasteiger partial charge in [0, 0.05) is 5.56 Å². The Morgan fingerprint density at radius 2 is 1.24 bits per heavy atom. The summed E-state index contributed by atoms with van der Waals surface area (Å²) in [6.45, 7) is 3.32. The maximum absolute atomic E-state index is 10.6. The van der Waals surface area contributed by atoms with Crippen molar-refractivity contribution in [1.82, 2.24) is 0 Å². The first kappa shape index (κ1) is 24.1. The van der Waals surface area contributed by atoms with E-state index in [1.165, 1.54) is 0 Å². The van der Waals surface area contributed by atoms with Crippen molar-refractivity contribution in [2.45, 2.75) is 42.2 Å². The van der Waals surface area contributed by atoms with E-state index in [4.69, 9.17) is 5.11 Å². The first-order chi connectivity index (χ1) is 8.61. The molecule has 0 bridgehead atoms. The number of benzene rings is 2. The third-order valence-electron chi connectivity index (χ3n) is 2.46. The van der Waals surface area contributed by atoms with Crippen LogP contribution in [0.4, 0.5) is 0 Å². The zero-order chi connectivity index (χ0) is 13.4. The number of carbonyl (C=O) groups excluding carboxylic acids is 1. The minimum absolute atomic E-state index is 0. The van der Waals surface area contributed by atoms with Gasteiger partial charge in [0.15, 0.2) is 5.78 Å². The minimum atomic E-state index is -0.341. The number of rotatable bonds is 2. The van der Waals surface area contributed by atoms with Gasteiger partial charge in [0.25, 0.3) is 0 Å². The Hall–Kier alpha value is -1.93. The van der Waals surface area contributed by atoms with E-state index in [2.05, 4.69) is 0 Å². The lowest BCUT2D eigenvalue weighted by Gasteiger charge is -2.00. The van der Waals surface area contributed by atoms with Crippen LogP contribution in [0.3, 0.4) is 0 Å². The van der Waals surface area contributed by atoms with Crippen LogP contribution in [0.1, 0.15) is 58.2 Å². The van der Waals surface area contributed by atoms with Crippen LogP contribution in [0, 0.1) is 0 Å². The number of aliphatic hydroxyl groups is 1. The van der Waals surface area contributed by atoms with Crippen molar-refractivity contribution in [2.75, 3.05) is 0 Å². The standard InChI is InChI=1S/C8H10O.C8H8O.3CH4/c2*1-7(9)8-5-3-2-4-6-8;;;/h2-7,9H,1H3;2-6H,1H3;3*1H4/t7-;;;;/m0..../s1. The van der Waals surface area contributed by atoms with Gasteiger partial charge in [-0.3, -0.25) is 4.79 Å². The molecule has 0 unspecified atom stereocenters. The van der Waals surface area contributed by atoms with Crippen LogP contribution in [0.25, 0.3) is 0 Å². The smallest absolute Gasteiger partial charge is 0.159 e. The fraction of sp³-hybridized carbons (Fsp3) is 0.316. The third-order valence-corrected chi connectivity index (χ3v) is 2.46. The Labute approximate surface area is 130 Å². The maximum Gasteiger partial charge on any atom is 0.159 e. The zero-order valence-corrected chi connectivity index (χ0v) is 10.7. The van der Waals surface area contributed by atoms with Gasteiger partial charge in [0.1, 0.15) is 0 Å². The van der Waals surface area contributed by atoms with E-state index < -0.39 is 0 Å². The van der Waals surface area contributed by atoms with Crippen LogP contribution < -0.4 is 0 Å². The van der Waals surface area contributed by atoms with Gasteiger partial charge in [-0.2, -0.15) is 0 Å². The van der Waals surface area contributed by atoms with Crippen LogP contribution in [-0.4, -0.2) is 10.9 Å². The first-order valence-corrected chi connectivity index (χ1v) is 5.90. The van der Waals surface area contributed by atoms with Crippen LogP contribution in [0.15, 0.2) is 60.7 Å². The highest BCUT2D eigenvalue weighted by molar-refractivity contribution is 5.93. The molecule has 0 aromatic heterocycles. The largest absolute Gasteiger partial charge is 0.389 e. The molecule has 2 aromatic carbocycles. The number of hydrogen-bond acceptors (Lipinski definition) is 2. The second kappa shape index (κ2) is 13.1. The van der Waals surface area contributed by atoms with Gasteiger partial charge in [0.05, 0.1) is 6.10 Å². The molecule has 0 spiro atoms. The van der Waals surface area contributed by atoms with Crippen molar-refractivity contribution in [3.63, 3.8) is 0 Å². The molecule has 118 valence electrons. The van der Waals surface area contributed by atoms with Crippen LogP contribution in [0.2, 0.25) is 0 Å². The summed E-state index contributed by atoms with van der Waals surface area (Å²) in [6.07, 6.45) is -0.341. The van der Waals surface area contributed by atoms with E-state index in [0.29, 0.717) is 0 Å². The number of aliphatic hydroxyl groups excluding tert-OH is 1. The fourth-order valence-corrected chi connectivity index (χ4v) is 1.40. The molecule has 2 nitrogen and oxygen atoms in total. The molecule has 0 saturated carbocycles. The van der Waals surface area contributed by atoms with Gasteiger partial charge >= 0.3 is 0 Å². The Balaban J connectivity index is -0.000000270. The summed E-state index contributed by atoms with van der Waals surface area (Å²) in [6, 6.07) is 18.8. The normalized spacial score (nSPS) is 9.48. The summed E-state index contributed by atoms with van der Waals surface area (Å²) in [4.78, 5) is 10.6.